The fourth-order valence-electron chi connectivity index (χ4n) is 3.61. The molecule has 30 heavy (non-hydrogen) atoms. The zero-order chi connectivity index (χ0) is 20.9. The normalized spacial score (nSPS) is 16.3. The molecule has 1 saturated heterocycles. The molecule has 7 heteroatoms. The maximum atomic E-state index is 13.3. The number of hydrogen-bond donors (Lipinski definition) is 1. The van der Waals surface area contributed by atoms with E-state index in [0.717, 1.165) is 49.0 Å². The summed E-state index contributed by atoms with van der Waals surface area (Å²) in [6.45, 7) is 6.12. The van der Waals surface area contributed by atoms with Crippen LogP contribution in [0.25, 0.3) is 10.6 Å². The molecule has 1 aliphatic rings. The van der Waals surface area contributed by atoms with Gasteiger partial charge < -0.3 is 5.32 Å². The topological polar surface area (TPSA) is 48.5 Å². The molecule has 1 amide bonds. The van der Waals surface area contributed by atoms with E-state index in [1.807, 2.05) is 25.1 Å². The van der Waals surface area contributed by atoms with Crippen molar-refractivity contribution < 1.29 is 9.18 Å². The third-order valence-electron chi connectivity index (χ3n) is 5.38. The fraction of sp³-hybridized carbons (Fsp3) is 0.304. The number of anilines is 1. The zero-order valence-corrected chi connectivity index (χ0v) is 17.7. The van der Waals surface area contributed by atoms with Crippen molar-refractivity contribution in [3.63, 3.8) is 0 Å². The van der Waals surface area contributed by atoms with E-state index in [-0.39, 0.29) is 17.8 Å². The van der Waals surface area contributed by atoms with Crippen molar-refractivity contribution in [2.75, 3.05) is 31.5 Å². The van der Waals surface area contributed by atoms with E-state index in [0.29, 0.717) is 5.69 Å². The van der Waals surface area contributed by atoms with Crippen LogP contribution in [0.5, 0.6) is 0 Å². The fourth-order valence-corrected chi connectivity index (χ4v) is 4.43. The van der Waals surface area contributed by atoms with E-state index in [1.54, 1.807) is 23.5 Å². The van der Waals surface area contributed by atoms with Crippen molar-refractivity contribution in [2.45, 2.75) is 19.5 Å². The Morgan fingerprint density at radius 1 is 1.13 bits per heavy atom. The molecule has 1 N–H and O–H groups in total. The third-order valence-corrected chi connectivity index (χ3v) is 6.32. The summed E-state index contributed by atoms with van der Waals surface area (Å²) in [5, 5.41) is 5.98. The minimum atomic E-state index is -0.355. The van der Waals surface area contributed by atoms with Crippen molar-refractivity contribution in [1.82, 2.24) is 14.8 Å². The molecule has 0 bridgehead atoms. The largest absolute Gasteiger partial charge is 0.325 e. The molecule has 0 unspecified atom stereocenters. The highest BCUT2D eigenvalue weighted by atomic mass is 32.1. The van der Waals surface area contributed by atoms with Crippen LogP contribution in [0.15, 0.2) is 60.0 Å². The van der Waals surface area contributed by atoms with Crippen LogP contribution in [-0.2, 0) is 11.3 Å². The SMILES string of the molecule is C[C@H](C(=O)Nc1cccc(F)c1)N1CCN(Cc2csc(-c3ccccc3)n2)CC1. The van der Waals surface area contributed by atoms with Gasteiger partial charge in [0.1, 0.15) is 10.8 Å². The molecule has 0 saturated carbocycles. The number of amides is 1. The standard InChI is InChI=1S/C23H25FN4OS/c1-17(22(29)25-20-9-5-8-19(24)14-20)28-12-10-27(11-13-28)15-21-16-30-23(26-21)18-6-3-2-4-7-18/h2-9,14,16-17H,10-13,15H2,1H3,(H,25,29)/t17-/m1/s1. The van der Waals surface area contributed by atoms with Gasteiger partial charge in [0.25, 0.3) is 0 Å². The highest BCUT2D eigenvalue weighted by molar-refractivity contribution is 7.13. The van der Waals surface area contributed by atoms with E-state index in [2.05, 4.69) is 32.6 Å². The van der Waals surface area contributed by atoms with Gasteiger partial charge in [0.15, 0.2) is 0 Å². The van der Waals surface area contributed by atoms with Crippen LogP contribution in [0.3, 0.4) is 0 Å². The zero-order valence-electron chi connectivity index (χ0n) is 16.9. The lowest BCUT2D eigenvalue weighted by Gasteiger charge is -2.37. The number of thiazole rings is 1. The molecule has 156 valence electrons. The number of benzene rings is 2. The number of carbonyl (C=O) groups excluding carboxylic acids is 1. The van der Waals surface area contributed by atoms with E-state index in [9.17, 15) is 9.18 Å². The van der Waals surface area contributed by atoms with Crippen molar-refractivity contribution in [2.24, 2.45) is 0 Å². The van der Waals surface area contributed by atoms with Crippen molar-refractivity contribution in [3.8, 4) is 10.6 Å². The molecule has 4 rings (SSSR count). The van der Waals surface area contributed by atoms with Crippen LogP contribution in [0.4, 0.5) is 10.1 Å². The minimum Gasteiger partial charge on any atom is -0.325 e. The average Bonchev–Trinajstić information content (AvgIpc) is 3.23. The summed E-state index contributed by atoms with van der Waals surface area (Å²) in [6, 6.07) is 16.0. The maximum Gasteiger partial charge on any atom is 0.241 e. The van der Waals surface area contributed by atoms with Gasteiger partial charge in [-0.15, -0.1) is 11.3 Å². The number of aromatic nitrogens is 1. The number of hydrogen-bond acceptors (Lipinski definition) is 5. The second kappa shape index (κ2) is 9.47. The number of piperazine rings is 1. The van der Waals surface area contributed by atoms with Gasteiger partial charge in [0.05, 0.1) is 11.7 Å². The first-order chi connectivity index (χ1) is 14.6. The summed E-state index contributed by atoms with van der Waals surface area (Å²) < 4.78 is 13.3. The Morgan fingerprint density at radius 2 is 1.90 bits per heavy atom. The first kappa shape index (κ1) is 20.7. The molecule has 2 heterocycles. The molecule has 2 aromatic carbocycles. The van der Waals surface area contributed by atoms with Gasteiger partial charge in [-0.2, -0.15) is 0 Å². The van der Waals surface area contributed by atoms with Gasteiger partial charge in [0.2, 0.25) is 5.91 Å². The lowest BCUT2D eigenvalue weighted by Crippen LogP contribution is -2.52. The Kier molecular flexibility index (Phi) is 6.52. The van der Waals surface area contributed by atoms with Crippen LogP contribution < -0.4 is 5.32 Å². The van der Waals surface area contributed by atoms with Gasteiger partial charge in [0, 0.05) is 49.4 Å². The second-order valence-corrected chi connectivity index (χ2v) is 8.36. The average molecular weight is 425 g/mol. The van der Waals surface area contributed by atoms with Crippen molar-refractivity contribution in [3.05, 3.63) is 71.5 Å². The molecule has 0 radical (unpaired) electrons. The molecular weight excluding hydrogens is 399 g/mol. The highest BCUT2D eigenvalue weighted by Gasteiger charge is 2.26. The Labute approximate surface area is 180 Å². The van der Waals surface area contributed by atoms with Crippen LogP contribution in [0.1, 0.15) is 12.6 Å². The lowest BCUT2D eigenvalue weighted by atomic mass is 10.2. The van der Waals surface area contributed by atoms with Gasteiger partial charge >= 0.3 is 0 Å². The highest BCUT2D eigenvalue weighted by Crippen LogP contribution is 2.24. The van der Waals surface area contributed by atoms with Crippen LogP contribution in [0, 0.1) is 5.82 Å². The van der Waals surface area contributed by atoms with Crippen LogP contribution in [-0.4, -0.2) is 52.9 Å². The quantitative estimate of drug-likeness (QED) is 0.647. The second-order valence-electron chi connectivity index (χ2n) is 7.50. The Balaban J connectivity index is 1.27. The lowest BCUT2D eigenvalue weighted by molar-refractivity contribution is -0.121. The smallest absolute Gasteiger partial charge is 0.241 e. The summed E-state index contributed by atoms with van der Waals surface area (Å²) in [6.07, 6.45) is 0. The Hall–Kier alpha value is -2.61. The number of rotatable bonds is 6. The van der Waals surface area contributed by atoms with Gasteiger partial charge in [-0.25, -0.2) is 9.37 Å². The molecular formula is C23H25FN4OS. The van der Waals surface area contributed by atoms with Crippen molar-refractivity contribution >= 4 is 22.9 Å². The molecule has 1 aliphatic heterocycles. The van der Waals surface area contributed by atoms with Gasteiger partial charge in [-0.3, -0.25) is 14.6 Å². The summed E-state index contributed by atoms with van der Waals surface area (Å²) in [5.41, 5.74) is 2.73. The van der Waals surface area contributed by atoms with E-state index < -0.39 is 0 Å². The van der Waals surface area contributed by atoms with E-state index >= 15 is 0 Å². The van der Waals surface area contributed by atoms with Gasteiger partial charge in [-0.1, -0.05) is 36.4 Å². The summed E-state index contributed by atoms with van der Waals surface area (Å²) >= 11 is 1.67. The predicted octanol–water partition coefficient (Wildman–Crippen LogP) is 4.09. The molecule has 0 aliphatic carbocycles. The van der Waals surface area contributed by atoms with Crippen LogP contribution >= 0.6 is 11.3 Å². The molecule has 5 nitrogen and oxygen atoms in total. The molecule has 0 spiro atoms. The first-order valence-corrected chi connectivity index (χ1v) is 11.0. The maximum absolute atomic E-state index is 13.3. The van der Waals surface area contributed by atoms with E-state index in [4.69, 9.17) is 4.98 Å². The Morgan fingerprint density at radius 3 is 2.63 bits per heavy atom. The summed E-state index contributed by atoms with van der Waals surface area (Å²) in [4.78, 5) is 21.9. The number of halogens is 1. The number of carbonyl (C=O) groups is 1. The predicted molar refractivity (Wildman–Crippen MR) is 119 cm³/mol. The van der Waals surface area contributed by atoms with E-state index in [1.165, 1.54) is 12.1 Å². The molecule has 1 fully saturated rings. The molecule has 1 atom stereocenters. The monoisotopic (exact) mass is 424 g/mol. The first-order valence-electron chi connectivity index (χ1n) is 10.1. The Bertz CT molecular complexity index is 986. The minimum absolute atomic E-state index is 0.110. The van der Waals surface area contributed by atoms with Crippen molar-refractivity contribution in [1.29, 1.82) is 0 Å². The van der Waals surface area contributed by atoms with Gasteiger partial charge in [-0.05, 0) is 25.1 Å². The third kappa shape index (κ3) is 5.11. The number of nitrogens with one attached hydrogen (secondary N) is 1. The van der Waals surface area contributed by atoms with Crippen LogP contribution in [0.2, 0.25) is 0 Å². The summed E-state index contributed by atoms with van der Waals surface area (Å²) in [7, 11) is 0. The molecule has 1 aromatic heterocycles. The number of nitrogens with zero attached hydrogens (tertiary/aromatic N) is 3. The molecule has 3 aromatic rings. The summed E-state index contributed by atoms with van der Waals surface area (Å²) in [5.74, 6) is -0.465.